The molecule has 6 heteroatoms. The molecular weight excluding hydrogens is 262 g/mol. The van der Waals surface area contributed by atoms with Gasteiger partial charge >= 0.3 is 0 Å². The highest BCUT2D eigenvalue weighted by Gasteiger charge is 2.16. The van der Waals surface area contributed by atoms with Crippen LogP contribution in [0, 0.1) is 0 Å². The summed E-state index contributed by atoms with van der Waals surface area (Å²) in [7, 11) is -1.98. The molecule has 0 aliphatic carbocycles. The second kappa shape index (κ2) is 6.36. The van der Waals surface area contributed by atoms with Gasteiger partial charge in [0, 0.05) is 13.1 Å². The monoisotopic (exact) mass is 283 g/mol. The van der Waals surface area contributed by atoms with E-state index < -0.39 is 10.0 Å². The van der Waals surface area contributed by atoms with Crippen LogP contribution in [0.3, 0.4) is 0 Å². The van der Waals surface area contributed by atoms with E-state index in [0.29, 0.717) is 10.6 Å². The summed E-state index contributed by atoms with van der Waals surface area (Å²) in [5, 5.41) is 3.22. The van der Waals surface area contributed by atoms with Crippen LogP contribution in [0.5, 0.6) is 0 Å². The molecule has 0 saturated carbocycles. The normalized spacial score (nSPS) is 16.7. The van der Waals surface area contributed by atoms with Gasteiger partial charge in [-0.15, -0.1) is 0 Å². The summed E-state index contributed by atoms with van der Waals surface area (Å²) < 4.78 is 26.1. The lowest BCUT2D eigenvalue weighted by atomic mass is 10.3. The Morgan fingerprint density at radius 1 is 1.21 bits per heavy atom. The van der Waals surface area contributed by atoms with Crippen LogP contribution in [-0.2, 0) is 10.0 Å². The molecule has 1 fully saturated rings. The molecule has 106 valence electrons. The first-order valence-electron chi connectivity index (χ1n) is 6.62. The summed E-state index contributed by atoms with van der Waals surface area (Å²) in [4.78, 5) is 2.70. The quantitative estimate of drug-likeness (QED) is 0.821. The van der Waals surface area contributed by atoms with Crippen LogP contribution >= 0.6 is 0 Å². The molecule has 5 nitrogen and oxygen atoms in total. The molecule has 1 saturated heterocycles. The average molecular weight is 283 g/mol. The SMILES string of the molecule is CNS(=O)(=O)c1ccccc1NCCN1CCCC1. The number of rotatable bonds is 6. The molecule has 0 bridgehead atoms. The Bertz CT molecular complexity index is 510. The van der Waals surface area contributed by atoms with Crippen LogP contribution in [0.4, 0.5) is 5.69 Å². The summed E-state index contributed by atoms with van der Waals surface area (Å²) in [5.74, 6) is 0. The average Bonchev–Trinajstić information content (AvgIpc) is 2.92. The summed E-state index contributed by atoms with van der Waals surface area (Å²) in [6.07, 6.45) is 2.54. The molecule has 1 aliphatic heterocycles. The van der Waals surface area contributed by atoms with Crippen molar-refractivity contribution in [2.24, 2.45) is 0 Å². The third-order valence-electron chi connectivity index (χ3n) is 3.39. The number of hydrogen-bond acceptors (Lipinski definition) is 4. The van der Waals surface area contributed by atoms with Gasteiger partial charge in [-0.25, -0.2) is 13.1 Å². The summed E-state index contributed by atoms with van der Waals surface area (Å²) in [5.41, 5.74) is 0.663. The molecular formula is C13H21N3O2S. The number of anilines is 1. The van der Waals surface area contributed by atoms with Gasteiger partial charge < -0.3 is 10.2 Å². The van der Waals surface area contributed by atoms with Gasteiger partial charge in [0.25, 0.3) is 0 Å². The minimum Gasteiger partial charge on any atom is -0.383 e. The van der Waals surface area contributed by atoms with Crippen molar-refractivity contribution in [3.05, 3.63) is 24.3 Å². The number of nitrogens with zero attached hydrogens (tertiary/aromatic N) is 1. The molecule has 0 aromatic heterocycles. The number of likely N-dealkylation sites (tertiary alicyclic amines) is 1. The summed E-state index contributed by atoms with van der Waals surface area (Å²) >= 11 is 0. The lowest BCUT2D eigenvalue weighted by Gasteiger charge is -2.16. The van der Waals surface area contributed by atoms with E-state index in [9.17, 15) is 8.42 Å². The molecule has 0 spiro atoms. The van der Waals surface area contributed by atoms with Gasteiger partial charge in [-0.3, -0.25) is 0 Å². The topological polar surface area (TPSA) is 61.4 Å². The number of sulfonamides is 1. The Kier molecular flexibility index (Phi) is 4.79. The predicted molar refractivity (Wildman–Crippen MR) is 76.9 cm³/mol. The Morgan fingerprint density at radius 2 is 1.89 bits per heavy atom. The predicted octanol–water partition coefficient (Wildman–Crippen LogP) is 1.10. The maximum Gasteiger partial charge on any atom is 0.242 e. The highest BCUT2D eigenvalue weighted by molar-refractivity contribution is 7.89. The summed E-state index contributed by atoms with van der Waals surface area (Å²) in [6.45, 7) is 4.01. The fraction of sp³-hybridized carbons (Fsp3) is 0.538. The Labute approximate surface area is 115 Å². The smallest absolute Gasteiger partial charge is 0.242 e. The first-order valence-corrected chi connectivity index (χ1v) is 8.10. The molecule has 2 N–H and O–H groups in total. The largest absolute Gasteiger partial charge is 0.383 e. The number of nitrogens with one attached hydrogen (secondary N) is 2. The van der Waals surface area contributed by atoms with E-state index in [1.165, 1.54) is 19.9 Å². The molecule has 1 aromatic carbocycles. The Hall–Kier alpha value is -1.11. The van der Waals surface area contributed by atoms with Crippen LogP contribution in [0.25, 0.3) is 0 Å². The van der Waals surface area contributed by atoms with Crippen LogP contribution in [0.2, 0.25) is 0 Å². The van der Waals surface area contributed by atoms with Gasteiger partial charge in [0.2, 0.25) is 10.0 Å². The first kappa shape index (κ1) is 14.3. The molecule has 0 atom stereocenters. The first-order chi connectivity index (χ1) is 9.13. The van der Waals surface area contributed by atoms with E-state index in [1.807, 2.05) is 6.07 Å². The fourth-order valence-corrected chi connectivity index (χ4v) is 3.22. The number of hydrogen-bond donors (Lipinski definition) is 2. The third kappa shape index (κ3) is 3.68. The van der Waals surface area contributed by atoms with Crippen molar-refractivity contribution in [3.8, 4) is 0 Å². The van der Waals surface area contributed by atoms with Crippen molar-refractivity contribution in [1.82, 2.24) is 9.62 Å². The molecule has 0 unspecified atom stereocenters. The highest BCUT2D eigenvalue weighted by Crippen LogP contribution is 2.20. The Balaban J connectivity index is 1.99. The molecule has 1 aromatic rings. The van der Waals surface area contributed by atoms with Crippen LogP contribution < -0.4 is 10.0 Å². The van der Waals surface area contributed by atoms with E-state index in [0.717, 1.165) is 26.2 Å². The van der Waals surface area contributed by atoms with Crippen LogP contribution in [0.15, 0.2) is 29.2 Å². The third-order valence-corrected chi connectivity index (χ3v) is 4.86. The molecule has 1 aliphatic rings. The van der Waals surface area contributed by atoms with Crippen molar-refractivity contribution in [2.75, 3.05) is 38.5 Å². The van der Waals surface area contributed by atoms with Crippen LogP contribution in [-0.4, -0.2) is 46.5 Å². The lowest BCUT2D eigenvalue weighted by molar-refractivity contribution is 0.352. The van der Waals surface area contributed by atoms with Crippen molar-refractivity contribution >= 4 is 15.7 Å². The van der Waals surface area contributed by atoms with E-state index in [4.69, 9.17) is 0 Å². The second-order valence-corrected chi connectivity index (χ2v) is 6.53. The van der Waals surface area contributed by atoms with Crippen molar-refractivity contribution < 1.29 is 8.42 Å². The van der Waals surface area contributed by atoms with Gasteiger partial charge in [-0.05, 0) is 45.1 Å². The van der Waals surface area contributed by atoms with E-state index in [2.05, 4.69) is 14.9 Å². The molecule has 0 radical (unpaired) electrons. The van der Waals surface area contributed by atoms with Gasteiger partial charge in [-0.1, -0.05) is 12.1 Å². The van der Waals surface area contributed by atoms with Gasteiger partial charge in [-0.2, -0.15) is 0 Å². The minimum absolute atomic E-state index is 0.305. The summed E-state index contributed by atoms with van der Waals surface area (Å²) in [6, 6.07) is 6.99. The number of benzene rings is 1. The zero-order valence-corrected chi connectivity index (χ0v) is 12.0. The van der Waals surface area contributed by atoms with Crippen molar-refractivity contribution in [1.29, 1.82) is 0 Å². The maximum atomic E-state index is 11.9. The van der Waals surface area contributed by atoms with Crippen molar-refractivity contribution in [3.63, 3.8) is 0 Å². The zero-order valence-electron chi connectivity index (χ0n) is 11.2. The van der Waals surface area contributed by atoms with Gasteiger partial charge in [0.05, 0.1) is 5.69 Å². The fourth-order valence-electron chi connectivity index (χ4n) is 2.31. The van der Waals surface area contributed by atoms with E-state index in [1.54, 1.807) is 18.2 Å². The molecule has 2 rings (SSSR count). The Morgan fingerprint density at radius 3 is 2.58 bits per heavy atom. The number of para-hydroxylation sites is 1. The standard InChI is InChI=1S/C13H21N3O2S/c1-14-19(17,18)13-7-3-2-6-12(13)15-8-11-16-9-4-5-10-16/h2-3,6-7,14-15H,4-5,8-11H2,1H3. The van der Waals surface area contributed by atoms with Crippen molar-refractivity contribution in [2.45, 2.75) is 17.7 Å². The lowest BCUT2D eigenvalue weighted by Crippen LogP contribution is -2.27. The maximum absolute atomic E-state index is 11.9. The molecule has 1 heterocycles. The minimum atomic E-state index is -3.40. The van der Waals surface area contributed by atoms with Gasteiger partial charge in [0.15, 0.2) is 0 Å². The molecule has 0 amide bonds. The highest BCUT2D eigenvalue weighted by atomic mass is 32.2. The van der Waals surface area contributed by atoms with Gasteiger partial charge in [0.1, 0.15) is 4.90 Å². The van der Waals surface area contributed by atoms with E-state index in [-0.39, 0.29) is 0 Å². The van der Waals surface area contributed by atoms with Crippen LogP contribution in [0.1, 0.15) is 12.8 Å². The second-order valence-electron chi connectivity index (χ2n) is 4.68. The van der Waals surface area contributed by atoms with E-state index >= 15 is 0 Å². The molecule has 19 heavy (non-hydrogen) atoms. The zero-order chi connectivity index (χ0) is 13.7.